The highest BCUT2D eigenvalue weighted by Gasteiger charge is 2.18. The molecule has 0 unspecified atom stereocenters. The Bertz CT molecular complexity index is 606. The lowest BCUT2D eigenvalue weighted by Gasteiger charge is -2.03. The normalized spacial score (nSPS) is 11.7. The fourth-order valence-corrected chi connectivity index (χ4v) is 2.88. The average Bonchev–Trinajstić information content (AvgIpc) is 2.50. The largest absolute Gasteiger partial charge is 0.399 e. The Morgan fingerprint density at radius 3 is 2.35 bits per heavy atom. The van der Waals surface area contributed by atoms with Crippen LogP contribution in [0.1, 0.15) is 51.9 Å². The van der Waals surface area contributed by atoms with Gasteiger partial charge in [0.25, 0.3) is 0 Å². The summed E-state index contributed by atoms with van der Waals surface area (Å²) >= 11 is 0. The van der Waals surface area contributed by atoms with Crippen LogP contribution in [0, 0.1) is 0 Å². The van der Waals surface area contributed by atoms with Crippen LogP contribution in [-0.4, -0.2) is 14.4 Å². The molecule has 0 heterocycles. The summed E-state index contributed by atoms with van der Waals surface area (Å²) < 4.78 is 28.3. The van der Waals surface area contributed by atoms with Gasteiger partial charge in [-0.15, -0.1) is 0 Å². The fourth-order valence-electron chi connectivity index (χ4n) is 2.04. The Labute approximate surface area is 138 Å². The first-order valence-corrected chi connectivity index (χ1v) is 9.37. The zero-order valence-electron chi connectivity index (χ0n) is 13.5. The molecular weight excluding hydrogens is 314 g/mol. The van der Waals surface area contributed by atoms with Crippen LogP contribution in [0.2, 0.25) is 0 Å². The molecule has 0 radical (unpaired) electrons. The number of carbonyl (C=O) groups is 1. The van der Waals surface area contributed by atoms with Crippen LogP contribution in [0.4, 0.5) is 5.69 Å². The van der Waals surface area contributed by atoms with Gasteiger partial charge >= 0.3 is 16.1 Å². The molecule has 23 heavy (non-hydrogen) atoms. The number of carbonyl (C=O) groups excluding carboxylic acids is 1. The smallest absolute Gasteiger partial charge is 0.346 e. The van der Waals surface area contributed by atoms with E-state index in [4.69, 9.17) is 5.73 Å². The van der Waals surface area contributed by atoms with E-state index in [1.54, 1.807) is 6.08 Å². The zero-order valence-corrected chi connectivity index (χ0v) is 14.3. The Morgan fingerprint density at radius 1 is 1.09 bits per heavy atom. The van der Waals surface area contributed by atoms with Gasteiger partial charge in [-0.3, -0.25) is 0 Å². The molecule has 0 amide bonds. The van der Waals surface area contributed by atoms with Crippen molar-refractivity contribution in [1.29, 1.82) is 0 Å². The quantitative estimate of drug-likeness (QED) is 0.303. The van der Waals surface area contributed by atoms with Gasteiger partial charge in [-0.2, -0.15) is 8.42 Å². The van der Waals surface area contributed by atoms with Gasteiger partial charge in [0.1, 0.15) is 4.90 Å². The molecule has 0 atom stereocenters. The molecule has 0 bridgehead atoms. The maximum absolute atomic E-state index is 11.9. The lowest BCUT2D eigenvalue weighted by Crippen LogP contribution is -2.11. The first-order chi connectivity index (χ1) is 11.0. The molecule has 1 rings (SSSR count). The molecular formula is C17H25NO4S. The van der Waals surface area contributed by atoms with E-state index in [2.05, 4.69) is 11.1 Å². The van der Waals surface area contributed by atoms with Crippen LogP contribution in [-0.2, 0) is 19.1 Å². The van der Waals surface area contributed by atoms with E-state index in [1.807, 2.05) is 0 Å². The molecule has 0 aliphatic carbocycles. The van der Waals surface area contributed by atoms with Crippen LogP contribution in [0.15, 0.2) is 41.3 Å². The molecule has 128 valence electrons. The number of allylic oxidation sites excluding steroid dienone is 1. The van der Waals surface area contributed by atoms with E-state index >= 15 is 0 Å². The van der Waals surface area contributed by atoms with Gasteiger partial charge in [-0.25, -0.2) is 4.79 Å². The van der Waals surface area contributed by atoms with Crippen molar-refractivity contribution in [2.24, 2.45) is 0 Å². The van der Waals surface area contributed by atoms with Crippen molar-refractivity contribution in [3.05, 3.63) is 36.4 Å². The summed E-state index contributed by atoms with van der Waals surface area (Å²) in [6, 6.07) is 5.49. The van der Waals surface area contributed by atoms with Crippen LogP contribution < -0.4 is 5.73 Å². The van der Waals surface area contributed by atoms with E-state index in [9.17, 15) is 13.2 Å². The highest BCUT2D eigenvalue weighted by atomic mass is 32.2. The monoisotopic (exact) mass is 339 g/mol. The maximum Gasteiger partial charge on any atom is 0.346 e. The third-order valence-corrected chi connectivity index (χ3v) is 4.57. The van der Waals surface area contributed by atoms with Gasteiger partial charge in [0, 0.05) is 11.8 Å². The number of anilines is 1. The van der Waals surface area contributed by atoms with Crippen molar-refractivity contribution >= 4 is 21.8 Å². The molecule has 0 spiro atoms. The van der Waals surface area contributed by atoms with Gasteiger partial charge < -0.3 is 9.92 Å². The first-order valence-electron chi connectivity index (χ1n) is 7.96. The van der Waals surface area contributed by atoms with Crippen LogP contribution in [0.25, 0.3) is 0 Å². The van der Waals surface area contributed by atoms with Gasteiger partial charge in [-0.1, -0.05) is 45.1 Å². The second-order valence-corrected chi connectivity index (χ2v) is 6.93. The maximum atomic E-state index is 11.9. The molecule has 0 aromatic heterocycles. The standard InChI is InChI=1S/C17H25NO4S/c1-2-3-4-5-6-7-8-9-10-17(19)22-23(20,21)16-13-11-15(18)12-14-16/h9-14H,2-8,18H2,1H3. The molecule has 0 saturated heterocycles. The molecule has 0 aliphatic rings. The predicted molar refractivity (Wildman–Crippen MR) is 91.3 cm³/mol. The fraction of sp³-hybridized carbons (Fsp3) is 0.471. The van der Waals surface area contributed by atoms with Crippen molar-refractivity contribution in [2.45, 2.75) is 56.8 Å². The Kier molecular flexibility index (Phi) is 8.40. The topological polar surface area (TPSA) is 86.5 Å². The highest BCUT2D eigenvalue weighted by molar-refractivity contribution is 7.87. The van der Waals surface area contributed by atoms with Crippen LogP contribution in [0.5, 0.6) is 0 Å². The van der Waals surface area contributed by atoms with E-state index < -0.39 is 16.1 Å². The first kappa shape index (κ1) is 19.2. The minimum Gasteiger partial charge on any atom is -0.399 e. The molecule has 6 heteroatoms. The second-order valence-electron chi connectivity index (χ2n) is 5.38. The number of unbranched alkanes of at least 4 members (excludes halogenated alkanes) is 6. The van der Waals surface area contributed by atoms with E-state index in [-0.39, 0.29) is 4.90 Å². The number of nitrogens with two attached hydrogens (primary N) is 1. The van der Waals surface area contributed by atoms with E-state index in [1.165, 1.54) is 56.0 Å². The van der Waals surface area contributed by atoms with Crippen molar-refractivity contribution in [1.82, 2.24) is 0 Å². The molecule has 0 aliphatic heterocycles. The Morgan fingerprint density at radius 2 is 1.70 bits per heavy atom. The van der Waals surface area contributed by atoms with Crippen LogP contribution >= 0.6 is 0 Å². The zero-order chi connectivity index (χ0) is 17.1. The van der Waals surface area contributed by atoms with Gasteiger partial charge in [0.15, 0.2) is 0 Å². The minimum absolute atomic E-state index is 0.0932. The summed E-state index contributed by atoms with van der Waals surface area (Å²) in [5, 5.41) is 0. The summed E-state index contributed by atoms with van der Waals surface area (Å²) in [4.78, 5) is 11.5. The van der Waals surface area contributed by atoms with Gasteiger partial charge in [-0.05, 0) is 37.1 Å². The van der Waals surface area contributed by atoms with Crippen molar-refractivity contribution in [3.8, 4) is 0 Å². The van der Waals surface area contributed by atoms with Crippen molar-refractivity contribution in [3.63, 3.8) is 0 Å². The molecule has 1 aromatic carbocycles. The Balaban J connectivity index is 2.35. The van der Waals surface area contributed by atoms with Gasteiger partial charge in [0.05, 0.1) is 0 Å². The SMILES string of the molecule is CCCCCCCCC=CC(=O)OS(=O)(=O)c1ccc(N)cc1. The Hall–Kier alpha value is -1.82. The van der Waals surface area contributed by atoms with Gasteiger partial charge in [0.2, 0.25) is 0 Å². The molecule has 0 saturated carbocycles. The summed E-state index contributed by atoms with van der Waals surface area (Å²) in [5.74, 6) is -0.882. The molecule has 5 nitrogen and oxygen atoms in total. The third-order valence-electron chi connectivity index (χ3n) is 3.34. The average molecular weight is 339 g/mol. The lowest BCUT2D eigenvalue weighted by molar-refractivity contribution is -0.128. The second kappa shape index (κ2) is 10.0. The van der Waals surface area contributed by atoms with E-state index in [0.29, 0.717) is 5.69 Å². The minimum atomic E-state index is -4.09. The lowest BCUT2D eigenvalue weighted by atomic mass is 10.1. The summed E-state index contributed by atoms with van der Waals surface area (Å²) in [5.41, 5.74) is 5.93. The number of hydrogen-bond donors (Lipinski definition) is 1. The van der Waals surface area contributed by atoms with Crippen molar-refractivity contribution < 1.29 is 17.4 Å². The highest BCUT2D eigenvalue weighted by Crippen LogP contribution is 2.15. The molecule has 0 fully saturated rings. The summed E-state index contributed by atoms with van der Waals surface area (Å²) in [7, 11) is -4.09. The van der Waals surface area contributed by atoms with Crippen LogP contribution in [0.3, 0.4) is 0 Å². The summed E-state index contributed by atoms with van der Waals surface area (Å²) in [6.45, 7) is 2.17. The molecule has 2 N–H and O–H groups in total. The third kappa shape index (κ3) is 7.83. The summed E-state index contributed by atoms with van der Waals surface area (Å²) in [6.07, 6.45) is 10.6. The number of benzene rings is 1. The van der Waals surface area contributed by atoms with Crippen molar-refractivity contribution in [2.75, 3.05) is 5.73 Å². The number of hydrogen-bond acceptors (Lipinski definition) is 5. The molecule has 1 aromatic rings. The number of nitrogen functional groups attached to an aromatic ring is 1. The predicted octanol–water partition coefficient (Wildman–Crippen LogP) is 3.81. The van der Waals surface area contributed by atoms with E-state index in [0.717, 1.165) is 19.3 Å². The number of rotatable bonds is 10.